The van der Waals surface area contributed by atoms with Crippen molar-refractivity contribution >= 4 is 5.97 Å². The van der Waals surface area contributed by atoms with Crippen molar-refractivity contribution in [1.82, 2.24) is 0 Å². The van der Waals surface area contributed by atoms with E-state index in [2.05, 4.69) is 0 Å². The molecule has 0 aromatic heterocycles. The number of benzene rings is 4. The average Bonchev–Trinajstić information content (AvgIpc) is 2.90. The summed E-state index contributed by atoms with van der Waals surface area (Å²) in [7, 11) is 1.51. The number of carbonyl (C=O) groups is 1. The molecule has 7 heteroatoms. The number of ether oxygens (including phenoxy) is 3. The first-order chi connectivity index (χ1) is 17.4. The van der Waals surface area contributed by atoms with Crippen LogP contribution in [0.3, 0.4) is 0 Å². The Balaban J connectivity index is 1.49. The highest BCUT2D eigenvalue weighted by atomic mass is 19.2. The van der Waals surface area contributed by atoms with Crippen molar-refractivity contribution in [1.29, 1.82) is 0 Å². The minimum Gasteiger partial charge on any atom is -0.497 e. The Morgan fingerprint density at radius 1 is 0.778 bits per heavy atom. The molecule has 0 aliphatic heterocycles. The van der Waals surface area contributed by atoms with E-state index in [0.717, 1.165) is 0 Å². The Labute approximate surface area is 206 Å². The molecule has 0 spiro atoms. The van der Waals surface area contributed by atoms with E-state index in [-0.39, 0.29) is 11.1 Å². The summed E-state index contributed by atoms with van der Waals surface area (Å²) in [6, 6.07) is 19.8. The van der Waals surface area contributed by atoms with Crippen LogP contribution in [0, 0.1) is 17.5 Å². The van der Waals surface area contributed by atoms with Crippen LogP contribution in [-0.4, -0.2) is 19.7 Å². The van der Waals surface area contributed by atoms with Crippen LogP contribution in [0.5, 0.6) is 11.5 Å². The molecular formula is C29H23F3O4. The van der Waals surface area contributed by atoms with Gasteiger partial charge in [-0.1, -0.05) is 36.4 Å². The van der Waals surface area contributed by atoms with Crippen molar-refractivity contribution in [3.8, 4) is 33.8 Å². The Bertz CT molecular complexity index is 1370. The van der Waals surface area contributed by atoms with E-state index >= 15 is 0 Å². The van der Waals surface area contributed by atoms with Crippen molar-refractivity contribution in [3.05, 3.63) is 107 Å². The van der Waals surface area contributed by atoms with E-state index in [0.29, 0.717) is 41.2 Å². The number of halogens is 3. The summed E-state index contributed by atoms with van der Waals surface area (Å²) in [5, 5.41) is 0. The van der Waals surface area contributed by atoms with Crippen LogP contribution in [0.4, 0.5) is 13.2 Å². The summed E-state index contributed by atoms with van der Waals surface area (Å²) in [6.07, 6.45) is 0. The van der Waals surface area contributed by atoms with Crippen molar-refractivity contribution < 1.29 is 32.2 Å². The van der Waals surface area contributed by atoms with Crippen LogP contribution in [0.1, 0.15) is 22.8 Å². The molecule has 0 N–H and O–H groups in total. The summed E-state index contributed by atoms with van der Waals surface area (Å²) in [6.45, 7) is 2.71. The largest absolute Gasteiger partial charge is 0.497 e. The fraction of sp³-hybridized carbons (Fsp3) is 0.138. The van der Waals surface area contributed by atoms with Crippen molar-refractivity contribution in [3.63, 3.8) is 0 Å². The maximum Gasteiger partial charge on any atom is 0.343 e. The van der Waals surface area contributed by atoms with E-state index in [1.807, 2.05) is 6.92 Å². The molecule has 0 amide bonds. The molecular weight excluding hydrogens is 469 g/mol. The second-order valence-corrected chi connectivity index (χ2v) is 7.89. The normalized spacial score (nSPS) is 10.8. The fourth-order valence-corrected chi connectivity index (χ4v) is 3.65. The monoisotopic (exact) mass is 492 g/mol. The summed E-state index contributed by atoms with van der Waals surface area (Å²) < 4.78 is 59.4. The van der Waals surface area contributed by atoms with E-state index < -0.39 is 29.2 Å². The summed E-state index contributed by atoms with van der Waals surface area (Å²) in [5.41, 5.74) is 2.19. The van der Waals surface area contributed by atoms with Crippen LogP contribution in [0.25, 0.3) is 22.3 Å². The maximum absolute atomic E-state index is 14.7. The van der Waals surface area contributed by atoms with Gasteiger partial charge in [0.15, 0.2) is 11.6 Å². The Morgan fingerprint density at radius 3 is 2.06 bits per heavy atom. The first-order valence-electron chi connectivity index (χ1n) is 11.2. The zero-order valence-corrected chi connectivity index (χ0v) is 19.7. The molecule has 0 saturated heterocycles. The fourth-order valence-electron chi connectivity index (χ4n) is 3.65. The Morgan fingerprint density at radius 2 is 1.42 bits per heavy atom. The molecule has 36 heavy (non-hydrogen) atoms. The van der Waals surface area contributed by atoms with Gasteiger partial charge in [-0.15, -0.1) is 0 Å². The molecule has 0 atom stereocenters. The first kappa shape index (κ1) is 25.0. The molecule has 0 saturated carbocycles. The van der Waals surface area contributed by atoms with E-state index in [4.69, 9.17) is 14.2 Å². The van der Waals surface area contributed by atoms with Gasteiger partial charge in [-0.3, -0.25) is 0 Å². The molecule has 0 unspecified atom stereocenters. The van der Waals surface area contributed by atoms with Crippen LogP contribution < -0.4 is 9.47 Å². The van der Waals surface area contributed by atoms with Gasteiger partial charge in [0.25, 0.3) is 0 Å². The number of carbonyl (C=O) groups excluding carboxylic acids is 1. The van der Waals surface area contributed by atoms with Gasteiger partial charge in [0.2, 0.25) is 5.82 Å². The van der Waals surface area contributed by atoms with Crippen LogP contribution in [0.2, 0.25) is 0 Å². The van der Waals surface area contributed by atoms with Gasteiger partial charge < -0.3 is 14.2 Å². The van der Waals surface area contributed by atoms with E-state index in [1.54, 1.807) is 48.5 Å². The SMILES string of the molecule is CCOCc1ccc(-c2ccc(C(=O)Oc3ccc(-c4ccc(OC)cc4)c(F)c3F)cc2)c(F)c1. The number of hydrogen-bond acceptors (Lipinski definition) is 4. The van der Waals surface area contributed by atoms with Gasteiger partial charge in [0, 0.05) is 17.7 Å². The zero-order chi connectivity index (χ0) is 25.7. The van der Waals surface area contributed by atoms with Gasteiger partial charge in [-0.05, 0) is 66.1 Å². The quantitative estimate of drug-likeness (QED) is 0.193. The van der Waals surface area contributed by atoms with Gasteiger partial charge in [0.05, 0.1) is 19.3 Å². The van der Waals surface area contributed by atoms with Gasteiger partial charge >= 0.3 is 5.97 Å². The standard InChI is InChI=1S/C29H23F3O4/c1-3-35-17-18-4-13-23(25(30)16-18)19-5-7-21(8-6-19)29(33)36-26-15-14-24(27(31)28(26)32)20-9-11-22(34-2)12-10-20/h4-16H,3,17H2,1-2H3. The molecule has 184 valence electrons. The number of hydrogen-bond donors (Lipinski definition) is 0. The molecule has 0 aliphatic rings. The molecule has 0 radical (unpaired) electrons. The highest BCUT2D eigenvalue weighted by Gasteiger charge is 2.19. The average molecular weight is 492 g/mol. The lowest BCUT2D eigenvalue weighted by molar-refractivity contribution is 0.0726. The molecule has 4 rings (SSSR count). The van der Waals surface area contributed by atoms with Crippen molar-refractivity contribution in [2.24, 2.45) is 0 Å². The second-order valence-electron chi connectivity index (χ2n) is 7.89. The molecule has 0 fully saturated rings. The summed E-state index contributed by atoms with van der Waals surface area (Å²) >= 11 is 0. The van der Waals surface area contributed by atoms with Crippen molar-refractivity contribution in [2.75, 3.05) is 13.7 Å². The third kappa shape index (κ3) is 5.42. The third-order valence-corrected chi connectivity index (χ3v) is 5.59. The molecule has 4 aromatic carbocycles. The van der Waals surface area contributed by atoms with Gasteiger partial charge in [-0.25, -0.2) is 13.6 Å². The molecule has 4 nitrogen and oxygen atoms in total. The number of esters is 1. The third-order valence-electron chi connectivity index (χ3n) is 5.59. The maximum atomic E-state index is 14.7. The number of rotatable bonds is 8. The topological polar surface area (TPSA) is 44.8 Å². The van der Waals surface area contributed by atoms with Crippen molar-refractivity contribution in [2.45, 2.75) is 13.5 Å². The number of methoxy groups -OCH3 is 1. The van der Waals surface area contributed by atoms with E-state index in [1.165, 1.54) is 37.4 Å². The smallest absolute Gasteiger partial charge is 0.343 e. The lowest BCUT2D eigenvalue weighted by Crippen LogP contribution is -2.10. The van der Waals surface area contributed by atoms with Crippen LogP contribution in [0.15, 0.2) is 78.9 Å². The second kappa shape index (κ2) is 11.1. The minimum atomic E-state index is -1.28. The Hall–Kier alpha value is -4.10. The van der Waals surface area contributed by atoms with Gasteiger partial charge in [0.1, 0.15) is 11.6 Å². The molecule has 0 aliphatic carbocycles. The first-order valence-corrected chi connectivity index (χ1v) is 11.2. The Kier molecular flexibility index (Phi) is 7.71. The van der Waals surface area contributed by atoms with E-state index in [9.17, 15) is 18.0 Å². The summed E-state index contributed by atoms with van der Waals surface area (Å²) in [5.74, 6) is -3.65. The molecule has 0 bridgehead atoms. The predicted molar refractivity (Wildman–Crippen MR) is 130 cm³/mol. The minimum absolute atomic E-state index is 0.0219. The van der Waals surface area contributed by atoms with Gasteiger partial charge in [-0.2, -0.15) is 4.39 Å². The highest BCUT2D eigenvalue weighted by molar-refractivity contribution is 5.91. The summed E-state index contributed by atoms with van der Waals surface area (Å²) in [4.78, 5) is 12.5. The highest BCUT2D eigenvalue weighted by Crippen LogP contribution is 2.31. The lowest BCUT2D eigenvalue weighted by Gasteiger charge is -2.11. The molecule has 0 heterocycles. The zero-order valence-electron chi connectivity index (χ0n) is 19.7. The molecule has 4 aromatic rings. The predicted octanol–water partition coefficient (Wildman–Crippen LogP) is 7.20. The van der Waals surface area contributed by atoms with Crippen LogP contribution in [-0.2, 0) is 11.3 Å². The lowest BCUT2D eigenvalue weighted by atomic mass is 10.0. The van der Waals surface area contributed by atoms with Crippen LogP contribution >= 0.6 is 0 Å².